The van der Waals surface area contributed by atoms with Crippen LogP contribution in [0.5, 0.6) is 0 Å². The summed E-state index contributed by atoms with van der Waals surface area (Å²) < 4.78 is 0.867. The van der Waals surface area contributed by atoms with Gasteiger partial charge >= 0.3 is 0 Å². The molecule has 0 aliphatic rings. The number of nitrogens with one attached hydrogen (secondary N) is 1. The molecule has 0 saturated heterocycles. The molecule has 2 aromatic carbocycles. The standard InChI is InChI=1S/C15H10Cl2N2OS/c1-8-6-7-11(17)13-12(8)18-15(21-13)19-14(20)9-4-2-3-5-10(9)16/h2-7H,1H3,(H,18,19,20). The Balaban J connectivity index is 1.96. The van der Waals surface area contributed by atoms with Gasteiger partial charge in [-0.3, -0.25) is 10.1 Å². The molecule has 0 bridgehead atoms. The van der Waals surface area contributed by atoms with Crippen LogP contribution in [-0.2, 0) is 0 Å². The van der Waals surface area contributed by atoms with E-state index in [1.54, 1.807) is 24.3 Å². The van der Waals surface area contributed by atoms with Crippen molar-refractivity contribution in [1.29, 1.82) is 0 Å². The fourth-order valence-electron chi connectivity index (χ4n) is 1.97. The number of nitrogens with zero attached hydrogens (tertiary/aromatic N) is 1. The number of rotatable bonds is 2. The van der Waals surface area contributed by atoms with Crippen molar-refractivity contribution in [1.82, 2.24) is 4.98 Å². The topological polar surface area (TPSA) is 42.0 Å². The third-order valence-corrected chi connectivity index (χ3v) is 4.80. The monoisotopic (exact) mass is 336 g/mol. The summed E-state index contributed by atoms with van der Waals surface area (Å²) in [6.07, 6.45) is 0. The van der Waals surface area contributed by atoms with Crippen molar-refractivity contribution in [2.24, 2.45) is 0 Å². The van der Waals surface area contributed by atoms with Gasteiger partial charge in [-0.1, -0.05) is 52.7 Å². The minimum atomic E-state index is -0.284. The molecule has 1 heterocycles. The number of anilines is 1. The predicted octanol–water partition coefficient (Wildman–Crippen LogP) is 5.16. The molecule has 6 heteroatoms. The van der Waals surface area contributed by atoms with Crippen molar-refractivity contribution in [3.05, 3.63) is 57.6 Å². The van der Waals surface area contributed by atoms with Gasteiger partial charge in [-0.15, -0.1) is 0 Å². The van der Waals surface area contributed by atoms with Gasteiger partial charge in [-0.25, -0.2) is 4.98 Å². The summed E-state index contributed by atoms with van der Waals surface area (Å²) in [6, 6.07) is 10.6. The molecule has 0 aliphatic carbocycles. The number of hydrogen-bond acceptors (Lipinski definition) is 3. The maximum Gasteiger partial charge on any atom is 0.258 e. The van der Waals surface area contributed by atoms with Crippen molar-refractivity contribution in [2.45, 2.75) is 6.92 Å². The molecule has 1 N–H and O–H groups in total. The normalized spacial score (nSPS) is 10.8. The van der Waals surface area contributed by atoms with Crippen molar-refractivity contribution >= 4 is 55.8 Å². The highest BCUT2D eigenvalue weighted by Crippen LogP contribution is 2.34. The van der Waals surface area contributed by atoms with E-state index in [9.17, 15) is 4.79 Å². The maximum atomic E-state index is 12.2. The Bertz CT molecular complexity index is 806. The second-order valence-corrected chi connectivity index (χ2v) is 6.31. The summed E-state index contributed by atoms with van der Waals surface area (Å²) in [5, 5.41) is 4.31. The molecule has 0 saturated carbocycles. The first-order chi connectivity index (χ1) is 10.1. The van der Waals surface area contributed by atoms with Gasteiger partial charge in [0, 0.05) is 0 Å². The molecule has 21 heavy (non-hydrogen) atoms. The Morgan fingerprint density at radius 3 is 2.62 bits per heavy atom. The van der Waals surface area contributed by atoms with Crippen molar-refractivity contribution < 1.29 is 4.79 Å². The molecule has 0 aliphatic heterocycles. The molecular formula is C15H10Cl2N2OS. The van der Waals surface area contributed by atoms with Gasteiger partial charge in [0.05, 0.1) is 25.8 Å². The lowest BCUT2D eigenvalue weighted by atomic mass is 10.2. The van der Waals surface area contributed by atoms with E-state index < -0.39 is 0 Å². The summed E-state index contributed by atoms with van der Waals surface area (Å²) in [5.74, 6) is -0.284. The highest BCUT2D eigenvalue weighted by Gasteiger charge is 2.14. The number of aryl methyl sites for hydroxylation is 1. The minimum Gasteiger partial charge on any atom is -0.298 e. The fourth-order valence-corrected chi connectivity index (χ4v) is 3.40. The smallest absolute Gasteiger partial charge is 0.258 e. The lowest BCUT2D eigenvalue weighted by molar-refractivity contribution is 0.102. The molecule has 1 aromatic heterocycles. The molecule has 1 amide bonds. The molecule has 106 valence electrons. The van der Waals surface area contributed by atoms with Gasteiger partial charge in [0.25, 0.3) is 5.91 Å². The van der Waals surface area contributed by atoms with Crippen molar-refractivity contribution in [3.8, 4) is 0 Å². The van der Waals surface area contributed by atoms with Crippen LogP contribution >= 0.6 is 34.5 Å². The van der Waals surface area contributed by atoms with Gasteiger partial charge in [0.15, 0.2) is 5.13 Å². The van der Waals surface area contributed by atoms with E-state index in [4.69, 9.17) is 23.2 Å². The highest BCUT2D eigenvalue weighted by molar-refractivity contribution is 7.23. The van der Waals surface area contributed by atoms with E-state index in [-0.39, 0.29) is 5.91 Å². The van der Waals surface area contributed by atoms with E-state index in [0.717, 1.165) is 15.8 Å². The third-order valence-electron chi connectivity index (χ3n) is 3.04. The first-order valence-electron chi connectivity index (χ1n) is 6.18. The molecule has 0 fully saturated rings. The minimum absolute atomic E-state index is 0.284. The zero-order valence-corrected chi connectivity index (χ0v) is 13.3. The SMILES string of the molecule is Cc1ccc(Cl)c2sc(NC(=O)c3ccccc3Cl)nc12. The molecule has 0 atom stereocenters. The van der Waals surface area contributed by atoms with Gasteiger partial charge in [0.1, 0.15) is 0 Å². The summed E-state index contributed by atoms with van der Waals surface area (Å²) in [4.78, 5) is 16.6. The fraction of sp³-hybridized carbons (Fsp3) is 0.0667. The van der Waals surface area contributed by atoms with Gasteiger partial charge < -0.3 is 0 Å². The molecule has 3 nitrogen and oxygen atoms in total. The van der Waals surface area contributed by atoms with Crippen LogP contribution in [0.4, 0.5) is 5.13 Å². The predicted molar refractivity (Wildman–Crippen MR) is 88.8 cm³/mol. The Morgan fingerprint density at radius 2 is 1.90 bits per heavy atom. The van der Waals surface area contributed by atoms with Gasteiger partial charge in [0.2, 0.25) is 0 Å². The number of amides is 1. The molecule has 0 spiro atoms. The van der Waals surface area contributed by atoms with E-state index >= 15 is 0 Å². The van der Waals surface area contributed by atoms with Gasteiger partial charge in [-0.05, 0) is 30.7 Å². The zero-order chi connectivity index (χ0) is 15.0. The number of thiazole rings is 1. The van der Waals surface area contributed by atoms with Crippen LogP contribution in [0.1, 0.15) is 15.9 Å². The van der Waals surface area contributed by atoms with Crippen molar-refractivity contribution in [3.63, 3.8) is 0 Å². The molecular weight excluding hydrogens is 327 g/mol. The summed E-state index contributed by atoms with van der Waals surface area (Å²) in [5.41, 5.74) is 2.24. The lowest BCUT2D eigenvalue weighted by Gasteiger charge is -2.02. The summed E-state index contributed by atoms with van der Waals surface area (Å²) in [7, 11) is 0. The lowest BCUT2D eigenvalue weighted by Crippen LogP contribution is -2.12. The van der Waals surface area contributed by atoms with Crippen LogP contribution in [0.25, 0.3) is 10.2 Å². The largest absolute Gasteiger partial charge is 0.298 e. The zero-order valence-electron chi connectivity index (χ0n) is 11.0. The van der Waals surface area contributed by atoms with Crippen LogP contribution in [0, 0.1) is 6.92 Å². The third kappa shape index (κ3) is 2.75. The van der Waals surface area contributed by atoms with Crippen LogP contribution in [0.15, 0.2) is 36.4 Å². The maximum absolute atomic E-state index is 12.2. The number of halogens is 2. The number of hydrogen-bond donors (Lipinski definition) is 1. The molecule has 3 rings (SSSR count). The highest BCUT2D eigenvalue weighted by atomic mass is 35.5. The van der Waals surface area contributed by atoms with Gasteiger partial charge in [-0.2, -0.15) is 0 Å². The number of benzene rings is 2. The Labute approximate surface area is 135 Å². The number of carbonyl (C=O) groups excluding carboxylic acids is 1. The van der Waals surface area contributed by atoms with Crippen LogP contribution in [0.2, 0.25) is 10.0 Å². The summed E-state index contributed by atoms with van der Waals surface area (Å²) >= 11 is 13.5. The first-order valence-corrected chi connectivity index (χ1v) is 7.75. The molecule has 0 radical (unpaired) electrons. The molecule has 0 unspecified atom stereocenters. The quantitative estimate of drug-likeness (QED) is 0.701. The average Bonchev–Trinajstić information content (AvgIpc) is 2.88. The Kier molecular flexibility index (Phi) is 3.85. The number of fused-ring (bicyclic) bond motifs is 1. The second-order valence-electron chi connectivity index (χ2n) is 4.50. The van der Waals surface area contributed by atoms with Crippen LogP contribution < -0.4 is 5.32 Å². The second kappa shape index (κ2) is 5.64. The average molecular weight is 337 g/mol. The molecule has 3 aromatic rings. The Morgan fingerprint density at radius 1 is 1.14 bits per heavy atom. The number of carbonyl (C=O) groups is 1. The van der Waals surface area contributed by atoms with E-state index in [0.29, 0.717) is 20.7 Å². The van der Waals surface area contributed by atoms with E-state index in [2.05, 4.69) is 10.3 Å². The van der Waals surface area contributed by atoms with E-state index in [1.807, 2.05) is 19.1 Å². The van der Waals surface area contributed by atoms with Crippen LogP contribution in [0.3, 0.4) is 0 Å². The van der Waals surface area contributed by atoms with Crippen molar-refractivity contribution in [2.75, 3.05) is 5.32 Å². The first kappa shape index (κ1) is 14.3. The Hall–Kier alpha value is -1.62. The van der Waals surface area contributed by atoms with E-state index in [1.165, 1.54) is 11.3 Å². The number of aromatic nitrogens is 1. The van der Waals surface area contributed by atoms with Crippen LogP contribution in [-0.4, -0.2) is 10.9 Å². The summed E-state index contributed by atoms with van der Waals surface area (Å²) in [6.45, 7) is 1.96.